The van der Waals surface area contributed by atoms with Crippen LogP contribution in [0.1, 0.15) is 32.1 Å². The number of fused-ring (bicyclic) bond motifs is 3. The van der Waals surface area contributed by atoms with Crippen molar-refractivity contribution in [3.63, 3.8) is 0 Å². The Balaban J connectivity index is 1.86. The molecule has 3 fully saturated rings. The predicted octanol–water partition coefficient (Wildman–Crippen LogP) is 0.765. The quantitative estimate of drug-likeness (QED) is 0.674. The van der Waals surface area contributed by atoms with Crippen LogP contribution in [0.5, 0.6) is 0 Å². The number of hydrogen-bond acceptors (Lipinski definition) is 3. The molecule has 14 heavy (non-hydrogen) atoms. The molecule has 0 aromatic heterocycles. The zero-order chi connectivity index (χ0) is 9.60. The molecule has 0 aromatic rings. The molecular formula is C11H19NO2. The van der Waals surface area contributed by atoms with E-state index >= 15 is 0 Å². The topological polar surface area (TPSA) is 32.7 Å². The molecule has 0 aliphatic carbocycles. The first-order valence-electron chi connectivity index (χ1n) is 5.85. The standard InChI is InChI=1S/C11H19NO2/c13-8-11-4-2-5-12(11)9-3-1-6-14-10(9)7-11/h9-10,13H,1-8H2. The van der Waals surface area contributed by atoms with Crippen LogP contribution in [0.3, 0.4) is 0 Å². The zero-order valence-electron chi connectivity index (χ0n) is 8.61. The third-order valence-electron chi connectivity index (χ3n) is 4.33. The minimum atomic E-state index is 0.0969. The lowest BCUT2D eigenvalue weighted by atomic mass is 9.93. The second-order valence-corrected chi connectivity index (χ2v) is 5.00. The molecule has 0 bridgehead atoms. The van der Waals surface area contributed by atoms with E-state index < -0.39 is 0 Å². The van der Waals surface area contributed by atoms with Crippen molar-refractivity contribution >= 4 is 0 Å². The fourth-order valence-corrected chi connectivity index (χ4v) is 3.68. The fourth-order valence-electron chi connectivity index (χ4n) is 3.68. The summed E-state index contributed by atoms with van der Waals surface area (Å²) in [6, 6.07) is 0.610. The van der Waals surface area contributed by atoms with E-state index in [0.29, 0.717) is 18.8 Å². The number of aliphatic hydroxyl groups excluding tert-OH is 1. The first-order chi connectivity index (χ1) is 6.86. The third-order valence-corrected chi connectivity index (χ3v) is 4.33. The Morgan fingerprint density at radius 2 is 2.36 bits per heavy atom. The van der Waals surface area contributed by atoms with Crippen molar-refractivity contribution in [1.82, 2.24) is 4.90 Å². The smallest absolute Gasteiger partial charge is 0.0748 e. The zero-order valence-corrected chi connectivity index (χ0v) is 8.61. The molecule has 0 spiro atoms. The lowest BCUT2D eigenvalue weighted by Gasteiger charge is -2.34. The molecule has 0 aromatic carbocycles. The minimum absolute atomic E-state index is 0.0969. The first kappa shape index (κ1) is 9.13. The van der Waals surface area contributed by atoms with Gasteiger partial charge in [0.05, 0.1) is 12.7 Å². The summed E-state index contributed by atoms with van der Waals surface area (Å²) in [5.74, 6) is 0. The normalized spacial score (nSPS) is 47.8. The van der Waals surface area contributed by atoms with E-state index in [4.69, 9.17) is 4.74 Å². The van der Waals surface area contributed by atoms with E-state index in [2.05, 4.69) is 4.90 Å². The van der Waals surface area contributed by atoms with Gasteiger partial charge in [0.25, 0.3) is 0 Å². The molecule has 3 aliphatic rings. The van der Waals surface area contributed by atoms with Crippen LogP contribution in [-0.4, -0.2) is 47.4 Å². The molecule has 0 saturated carbocycles. The lowest BCUT2D eigenvalue weighted by molar-refractivity contribution is -0.0119. The molecule has 3 rings (SSSR count). The van der Waals surface area contributed by atoms with E-state index in [0.717, 1.165) is 13.0 Å². The number of hydrogen-bond donors (Lipinski definition) is 1. The van der Waals surface area contributed by atoms with Crippen molar-refractivity contribution in [1.29, 1.82) is 0 Å². The molecule has 3 saturated heterocycles. The molecule has 0 amide bonds. The van der Waals surface area contributed by atoms with Gasteiger partial charge in [0, 0.05) is 18.2 Å². The van der Waals surface area contributed by atoms with Gasteiger partial charge in [0.15, 0.2) is 0 Å². The Labute approximate surface area is 85.0 Å². The lowest BCUT2D eigenvalue weighted by Crippen LogP contribution is -2.46. The molecule has 3 heterocycles. The monoisotopic (exact) mass is 197 g/mol. The summed E-state index contributed by atoms with van der Waals surface area (Å²) in [5, 5.41) is 9.58. The van der Waals surface area contributed by atoms with Gasteiger partial charge in [-0.3, -0.25) is 4.90 Å². The molecule has 0 radical (unpaired) electrons. The van der Waals surface area contributed by atoms with Gasteiger partial charge in [0.2, 0.25) is 0 Å². The van der Waals surface area contributed by atoms with E-state index in [1.165, 1.54) is 32.2 Å². The van der Waals surface area contributed by atoms with Gasteiger partial charge in [-0.2, -0.15) is 0 Å². The van der Waals surface area contributed by atoms with Gasteiger partial charge in [0.1, 0.15) is 0 Å². The maximum Gasteiger partial charge on any atom is 0.0748 e. The summed E-state index contributed by atoms with van der Waals surface area (Å²) in [6.07, 6.45) is 6.36. The van der Waals surface area contributed by atoms with Crippen LogP contribution in [0.4, 0.5) is 0 Å². The highest BCUT2D eigenvalue weighted by Gasteiger charge is 2.54. The second-order valence-electron chi connectivity index (χ2n) is 5.00. The average Bonchev–Trinajstić information content (AvgIpc) is 2.73. The summed E-state index contributed by atoms with van der Waals surface area (Å²) in [5.41, 5.74) is 0.0969. The first-order valence-corrected chi connectivity index (χ1v) is 5.85. The van der Waals surface area contributed by atoms with E-state index in [-0.39, 0.29) is 5.54 Å². The van der Waals surface area contributed by atoms with Crippen molar-refractivity contribution in [2.24, 2.45) is 0 Å². The summed E-state index contributed by atoms with van der Waals surface area (Å²) in [4.78, 5) is 2.54. The van der Waals surface area contributed by atoms with Gasteiger partial charge in [-0.05, 0) is 38.6 Å². The molecule has 3 unspecified atom stereocenters. The van der Waals surface area contributed by atoms with Gasteiger partial charge < -0.3 is 9.84 Å². The maximum absolute atomic E-state index is 9.58. The van der Waals surface area contributed by atoms with Crippen LogP contribution in [0.25, 0.3) is 0 Å². The molecule has 3 atom stereocenters. The van der Waals surface area contributed by atoms with Gasteiger partial charge in [-0.1, -0.05) is 0 Å². The largest absolute Gasteiger partial charge is 0.394 e. The van der Waals surface area contributed by atoms with Crippen LogP contribution in [0, 0.1) is 0 Å². The SMILES string of the molecule is OCC12CCCN1C1CCCOC1C2. The van der Waals surface area contributed by atoms with Gasteiger partial charge in [-0.15, -0.1) is 0 Å². The average molecular weight is 197 g/mol. The summed E-state index contributed by atoms with van der Waals surface area (Å²) in [7, 11) is 0. The van der Waals surface area contributed by atoms with Crippen LogP contribution in [0.2, 0.25) is 0 Å². The van der Waals surface area contributed by atoms with Crippen LogP contribution < -0.4 is 0 Å². The Morgan fingerprint density at radius 3 is 3.21 bits per heavy atom. The van der Waals surface area contributed by atoms with Gasteiger partial charge in [-0.25, -0.2) is 0 Å². The maximum atomic E-state index is 9.58. The molecule has 3 heteroatoms. The van der Waals surface area contributed by atoms with E-state index in [9.17, 15) is 5.11 Å². The van der Waals surface area contributed by atoms with Gasteiger partial charge >= 0.3 is 0 Å². The van der Waals surface area contributed by atoms with Crippen LogP contribution >= 0.6 is 0 Å². The second kappa shape index (κ2) is 3.19. The minimum Gasteiger partial charge on any atom is -0.394 e. The predicted molar refractivity (Wildman–Crippen MR) is 53.1 cm³/mol. The Hall–Kier alpha value is -0.120. The van der Waals surface area contributed by atoms with E-state index in [1.807, 2.05) is 0 Å². The highest BCUT2D eigenvalue weighted by molar-refractivity contribution is 5.09. The third kappa shape index (κ3) is 1.09. The van der Waals surface area contributed by atoms with Crippen LogP contribution in [-0.2, 0) is 4.74 Å². The molecule has 1 N–H and O–H groups in total. The fraction of sp³-hybridized carbons (Fsp3) is 1.00. The highest BCUT2D eigenvalue weighted by Crippen LogP contribution is 2.45. The molecule has 3 nitrogen and oxygen atoms in total. The highest BCUT2D eigenvalue weighted by atomic mass is 16.5. The number of rotatable bonds is 1. The summed E-state index contributed by atoms with van der Waals surface area (Å²) in [6.45, 7) is 2.42. The Bertz CT molecular complexity index is 233. The van der Waals surface area contributed by atoms with E-state index in [1.54, 1.807) is 0 Å². The summed E-state index contributed by atoms with van der Waals surface area (Å²) >= 11 is 0. The molecule has 80 valence electrons. The number of nitrogens with zero attached hydrogens (tertiary/aromatic N) is 1. The molecular weight excluding hydrogens is 178 g/mol. The van der Waals surface area contributed by atoms with Crippen molar-refractivity contribution in [3.05, 3.63) is 0 Å². The van der Waals surface area contributed by atoms with Crippen molar-refractivity contribution < 1.29 is 9.84 Å². The number of ether oxygens (including phenoxy) is 1. The van der Waals surface area contributed by atoms with Crippen molar-refractivity contribution in [3.8, 4) is 0 Å². The summed E-state index contributed by atoms with van der Waals surface area (Å²) < 4.78 is 5.81. The number of aliphatic hydroxyl groups is 1. The Morgan fingerprint density at radius 1 is 1.43 bits per heavy atom. The van der Waals surface area contributed by atoms with Crippen molar-refractivity contribution in [2.45, 2.75) is 49.8 Å². The Kier molecular flexibility index (Phi) is 2.08. The molecule has 3 aliphatic heterocycles. The van der Waals surface area contributed by atoms with Crippen molar-refractivity contribution in [2.75, 3.05) is 19.8 Å². The van der Waals surface area contributed by atoms with Crippen LogP contribution in [0.15, 0.2) is 0 Å².